The number of sulfonamides is 1. The van der Waals surface area contributed by atoms with Gasteiger partial charge in [0.25, 0.3) is 10.0 Å². The van der Waals surface area contributed by atoms with E-state index in [2.05, 4.69) is 19.7 Å². The highest BCUT2D eigenvalue weighted by molar-refractivity contribution is 7.92. The molecule has 0 fully saturated rings. The first kappa shape index (κ1) is 23.4. The quantitative estimate of drug-likeness (QED) is 0.325. The summed E-state index contributed by atoms with van der Waals surface area (Å²) in [5.74, 6) is 0.473. The minimum atomic E-state index is -3.85. The van der Waals surface area contributed by atoms with Crippen molar-refractivity contribution < 1.29 is 17.5 Å². The average molecular weight is 501 g/mol. The summed E-state index contributed by atoms with van der Waals surface area (Å²) < 4.78 is 48.0. The SMILES string of the molecule is COc1cc(-c2ccc(C)c(F)c2)ccc1-c1nccc2cc(S(=O)(=O)Nc3ccncn3)ccc12. The summed E-state index contributed by atoms with van der Waals surface area (Å²) >= 11 is 0. The fourth-order valence-corrected chi connectivity index (χ4v) is 4.97. The first-order valence-corrected chi connectivity index (χ1v) is 12.5. The lowest BCUT2D eigenvalue weighted by Gasteiger charge is -2.14. The van der Waals surface area contributed by atoms with Crippen LogP contribution >= 0.6 is 0 Å². The van der Waals surface area contributed by atoms with Crippen LogP contribution in [0.1, 0.15) is 5.56 Å². The molecule has 1 N–H and O–H groups in total. The van der Waals surface area contributed by atoms with Crippen molar-refractivity contribution in [1.29, 1.82) is 0 Å². The summed E-state index contributed by atoms with van der Waals surface area (Å²) in [4.78, 5) is 12.4. The normalized spacial score (nSPS) is 11.4. The lowest BCUT2D eigenvalue weighted by Crippen LogP contribution is -2.13. The van der Waals surface area contributed by atoms with E-state index in [0.29, 0.717) is 22.4 Å². The third kappa shape index (κ3) is 4.48. The molecule has 0 saturated heterocycles. The van der Waals surface area contributed by atoms with E-state index in [1.807, 2.05) is 24.3 Å². The molecular formula is C27H21FN4O3S. The maximum absolute atomic E-state index is 14.1. The van der Waals surface area contributed by atoms with Gasteiger partial charge in [-0.3, -0.25) is 9.71 Å². The van der Waals surface area contributed by atoms with Crippen LogP contribution in [0.2, 0.25) is 0 Å². The number of benzene rings is 3. The highest BCUT2D eigenvalue weighted by Crippen LogP contribution is 2.37. The molecular weight excluding hydrogens is 479 g/mol. The number of pyridine rings is 1. The second kappa shape index (κ2) is 9.35. The number of methoxy groups -OCH3 is 1. The second-order valence-corrected chi connectivity index (χ2v) is 9.80. The van der Waals surface area contributed by atoms with Crippen molar-refractivity contribution in [3.8, 4) is 28.1 Å². The van der Waals surface area contributed by atoms with Gasteiger partial charge in [-0.25, -0.2) is 22.8 Å². The van der Waals surface area contributed by atoms with Gasteiger partial charge in [0, 0.05) is 23.3 Å². The molecule has 0 bridgehead atoms. The number of hydrogen-bond donors (Lipinski definition) is 1. The predicted molar refractivity (Wildman–Crippen MR) is 137 cm³/mol. The number of fused-ring (bicyclic) bond motifs is 1. The van der Waals surface area contributed by atoms with Crippen LogP contribution in [0.3, 0.4) is 0 Å². The maximum atomic E-state index is 14.1. The number of anilines is 1. The summed E-state index contributed by atoms with van der Waals surface area (Å²) in [6.45, 7) is 1.72. The van der Waals surface area contributed by atoms with Gasteiger partial charge < -0.3 is 4.74 Å². The van der Waals surface area contributed by atoms with E-state index in [4.69, 9.17) is 4.74 Å². The van der Waals surface area contributed by atoms with E-state index >= 15 is 0 Å². The van der Waals surface area contributed by atoms with E-state index < -0.39 is 10.0 Å². The number of aryl methyl sites for hydroxylation is 1. The zero-order valence-corrected chi connectivity index (χ0v) is 20.3. The second-order valence-electron chi connectivity index (χ2n) is 8.12. The minimum absolute atomic E-state index is 0.0921. The van der Waals surface area contributed by atoms with Crippen molar-refractivity contribution in [2.75, 3.05) is 11.8 Å². The van der Waals surface area contributed by atoms with Crippen LogP contribution in [0.5, 0.6) is 5.75 Å². The molecule has 0 aliphatic rings. The molecule has 0 spiro atoms. The maximum Gasteiger partial charge on any atom is 0.263 e. The number of halogens is 1. The smallest absolute Gasteiger partial charge is 0.263 e. The Bertz CT molecular complexity index is 1690. The Hall–Kier alpha value is -4.37. The van der Waals surface area contributed by atoms with Gasteiger partial charge in [-0.15, -0.1) is 0 Å². The molecule has 0 aliphatic carbocycles. The van der Waals surface area contributed by atoms with Gasteiger partial charge in [0.05, 0.1) is 17.7 Å². The largest absolute Gasteiger partial charge is 0.496 e. The molecule has 2 aromatic heterocycles. The van der Waals surface area contributed by atoms with Crippen molar-refractivity contribution >= 4 is 26.6 Å². The topological polar surface area (TPSA) is 94.1 Å². The summed E-state index contributed by atoms with van der Waals surface area (Å²) in [6.07, 6.45) is 4.34. The number of rotatable bonds is 6. The molecule has 3 aromatic carbocycles. The average Bonchev–Trinajstić information content (AvgIpc) is 2.89. The van der Waals surface area contributed by atoms with E-state index in [0.717, 1.165) is 22.1 Å². The van der Waals surface area contributed by atoms with E-state index in [9.17, 15) is 12.8 Å². The van der Waals surface area contributed by atoms with Crippen LogP contribution in [0, 0.1) is 12.7 Å². The van der Waals surface area contributed by atoms with E-state index in [1.54, 1.807) is 44.5 Å². The first-order valence-electron chi connectivity index (χ1n) is 11.0. The van der Waals surface area contributed by atoms with Crippen molar-refractivity contribution in [2.45, 2.75) is 11.8 Å². The third-order valence-corrected chi connectivity index (χ3v) is 7.18. The molecule has 0 radical (unpaired) electrons. The van der Waals surface area contributed by atoms with Crippen LogP contribution in [-0.4, -0.2) is 30.5 Å². The molecule has 0 atom stereocenters. The molecule has 0 aliphatic heterocycles. The van der Waals surface area contributed by atoms with Gasteiger partial charge >= 0.3 is 0 Å². The highest BCUT2D eigenvalue weighted by Gasteiger charge is 2.18. The third-order valence-electron chi connectivity index (χ3n) is 5.83. The summed E-state index contributed by atoms with van der Waals surface area (Å²) in [6, 6.07) is 18.7. The van der Waals surface area contributed by atoms with Crippen molar-refractivity contribution in [1.82, 2.24) is 15.0 Å². The minimum Gasteiger partial charge on any atom is -0.496 e. The van der Waals surface area contributed by atoms with Gasteiger partial charge in [-0.1, -0.05) is 24.3 Å². The molecule has 0 amide bonds. The van der Waals surface area contributed by atoms with Crippen LogP contribution in [0.4, 0.5) is 10.2 Å². The number of hydrogen-bond acceptors (Lipinski definition) is 6. The van der Waals surface area contributed by atoms with Crippen molar-refractivity contribution in [3.05, 3.63) is 96.8 Å². The van der Waals surface area contributed by atoms with Crippen molar-refractivity contribution in [3.63, 3.8) is 0 Å². The van der Waals surface area contributed by atoms with Gasteiger partial charge in [-0.05, 0) is 71.5 Å². The summed E-state index contributed by atoms with van der Waals surface area (Å²) in [7, 11) is -2.29. The van der Waals surface area contributed by atoms with Crippen LogP contribution in [-0.2, 0) is 10.0 Å². The first-order chi connectivity index (χ1) is 17.4. The van der Waals surface area contributed by atoms with Crippen LogP contribution < -0.4 is 9.46 Å². The lowest BCUT2D eigenvalue weighted by molar-refractivity contribution is 0.416. The number of nitrogens with zero attached hydrogens (tertiary/aromatic N) is 3. The molecule has 180 valence electrons. The van der Waals surface area contributed by atoms with Crippen molar-refractivity contribution in [2.24, 2.45) is 0 Å². The molecule has 5 rings (SSSR count). The van der Waals surface area contributed by atoms with Crippen LogP contribution in [0.15, 0.2) is 90.3 Å². The van der Waals surface area contributed by atoms with Gasteiger partial charge in [0.1, 0.15) is 23.7 Å². The Morgan fingerprint density at radius 1 is 0.889 bits per heavy atom. The number of nitrogens with one attached hydrogen (secondary N) is 1. The molecule has 0 unspecified atom stereocenters. The molecule has 36 heavy (non-hydrogen) atoms. The Kier molecular flexibility index (Phi) is 6.07. The molecule has 5 aromatic rings. The Morgan fingerprint density at radius 3 is 2.44 bits per heavy atom. The fraction of sp³-hybridized carbons (Fsp3) is 0.0741. The molecule has 0 saturated carbocycles. The number of ether oxygens (including phenoxy) is 1. The Morgan fingerprint density at radius 2 is 1.69 bits per heavy atom. The van der Waals surface area contributed by atoms with Crippen LogP contribution in [0.25, 0.3) is 33.2 Å². The fourth-order valence-electron chi connectivity index (χ4n) is 3.92. The summed E-state index contributed by atoms with van der Waals surface area (Å²) in [5, 5.41) is 1.45. The lowest BCUT2D eigenvalue weighted by atomic mass is 9.98. The highest BCUT2D eigenvalue weighted by atomic mass is 32.2. The molecule has 2 heterocycles. The zero-order valence-electron chi connectivity index (χ0n) is 19.4. The van der Waals surface area contributed by atoms with Gasteiger partial charge in [0.2, 0.25) is 0 Å². The monoisotopic (exact) mass is 500 g/mol. The predicted octanol–water partition coefficient (Wildman–Crippen LogP) is 5.62. The van der Waals surface area contributed by atoms with Gasteiger partial charge in [0.15, 0.2) is 0 Å². The summed E-state index contributed by atoms with van der Waals surface area (Å²) in [5.41, 5.74) is 3.49. The standard InChI is InChI=1S/C27H21FN4O3S/c1-17-3-4-18(14-24(17)28)19-5-7-23(25(15-19)35-2)27-22-8-6-21(13-20(22)9-12-30-27)36(33,34)32-26-10-11-29-16-31-26/h3-16H,1-2H3,(H,29,31,32). The number of aromatic nitrogens is 3. The van der Waals surface area contributed by atoms with Gasteiger partial charge in [-0.2, -0.15) is 0 Å². The Balaban J connectivity index is 1.55. The zero-order chi connectivity index (χ0) is 25.3. The molecule has 9 heteroatoms. The Labute approximate surface area is 207 Å². The van der Waals surface area contributed by atoms with E-state index in [1.165, 1.54) is 30.7 Å². The van der Waals surface area contributed by atoms with E-state index in [-0.39, 0.29) is 16.5 Å². The molecule has 7 nitrogen and oxygen atoms in total.